The van der Waals surface area contributed by atoms with E-state index in [4.69, 9.17) is 10.7 Å². The largest absolute Gasteiger partial charge is 0.377 e. The highest BCUT2D eigenvalue weighted by Gasteiger charge is 2.11. The van der Waals surface area contributed by atoms with Gasteiger partial charge in [0.25, 0.3) is 0 Å². The van der Waals surface area contributed by atoms with E-state index in [0.717, 1.165) is 23.3 Å². The lowest BCUT2D eigenvalue weighted by Crippen LogP contribution is -2.14. The summed E-state index contributed by atoms with van der Waals surface area (Å²) in [7, 11) is 8.20. The van der Waals surface area contributed by atoms with Gasteiger partial charge in [0, 0.05) is 51.4 Å². The summed E-state index contributed by atoms with van der Waals surface area (Å²) in [5, 5.41) is 1.18. The second-order valence-electron chi connectivity index (χ2n) is 5.13. The number of hydrogen-bond acceptors (Lipinski definition) is 4. The molecule has 1 heterocycles. The van der Waals surface area contributed by atoms with Crippen molar-refractivity contribution >= 4 is 22.3 Å². The van der Waals surface area contributed by atoms with E-state index in [9.17, 15) is 0 Å². The molecular formula is C15H22N4. The van der Waals surface area contributed by atoms with Gasteiger partial charge < -0.3 is 15.5 Å². The van der Waals surface area contributed by atoms with Gasteiger partial charge >= 0.3 is 0 Å². The van der Waals surface area contributed by atoms with Crippen LogP contribution in [0.15, 0.2) is 24.3 Å². The molecule has 0 saturated heterocycles. The molecule has 1 aromatic carbocycles. The fourth-order valence-electron chi connectivity index (χ4n) is 2.27. The van der Waals surface area contributed by atoms with Crippen molar-refractivity contribution in [3.8, 4) is 0 Å². The monoisotopic (exact) mass is 258 g/mol. The standard InChI is InChI=1S/C15H22N4/c1-18(2)13-7-5-6-12-14(19(3)4)10-11(8-9-16)17-15(12)13/h5-7,10H,8-9,16H2,1-4H3. The van der Waals surface area contributed by atoms with Crippen molar-refractivity contribution in [2.75, 3.05) is 44.5 Å². The van der Waals surface area contributed by atoms with Crippen LogP contribution in [0.2, 0.25) is 0 Å². The average Bonchev–Trinajstić information content (AvgIpc) is 2.37. The number of nitrogens with zero attached hydrogens (tertiary/aromatic N) is 3. The number of benzene rings is 1. The highest BCUT2D eigenvalue weighted by molar-refractivity contribution is 5.99. The second-order valence-corrected chi connectivity index (χ2v) is 5.13. The van der Waals surface area contributed by atoms with Gasteiger partial charge in [0.05, 0.1) is 11.2 Å². The molecule has 0 saturated carbocycles. The Hall–Kier alpha value is -1.81. The van der Waals surface area contributed by atoms with E-state index in [1.165, 1.54) is 11.1 Å². The van der Waals surface area contributed by atoms with Crippen LogP contribution in [0.4, 0.5) is 11.4 Å². The molecule has 0 unspecified atom stereocenters. The highest BCUT2D eigenvalue weighted by atomic mass is 15.1. The summed E-state index contributed by atoms with van der Waals surface area (Å²) >= 11 is 0. The van der Waals surface area contributed by atoms with E-state index >= 15 is 0 Å². The second kappa shape index (κ2) is 5.45. The van der Waals surface area contributed by atoms with Crippen LogP contribution in [0.3, 0.4) is 0 Å². The molecule has 0 fully saturated rings. The maximum absolute atomic E-state index is 5.66. The fraction of sp³-hybridized carbons (Fsp3) is 0.400. The van der Waals surface area contributed by atoms with Gasteiger partial charge in [0.15, 0.2) is 0 Å². The number of aromatic nitrogens is 1. The van der Waals surface area contributed by atoms with Crippen LogP contribution in [-0.2, 0) is 6.42 Å². The number of nitrogens with two attached hydrogens (primary N) is 1. The minimum absolute atomic E-state index is 0.621. The SMILES string of the molecule is CN(C)c1cc(CCN)nc2c(N(C)C)cccc12. The van der Waals surface area contributed by atoms with Crippen LogP contribution < -0.4 is 15.5 Å². The maximum Gasteiger partial charge on any atom is 0.0959 e. The molecule has 4 nitrogen and oxygen atoms in total. The normalized spacial score (nSPS) is 10.8. The molecule has 0 atom stereocenters. The van der Waals surface area contributed by atoms with Gasteiger partial charge in [-0.05, 0) is 18.7 Å². The van der Waals surface area contributed by atoms with Gasteiger partial charge in [-0.2, -0.15) is 0 Å². The molecule has 2 rings (SSSR count). The Morgan fingerprint density at radius 1 is 1.05 bits per heavy atom. The Morgan fingerprint density at radius 2 is 1.74 bits per heavy atom. The van der Waals surface area contributed by atoms with Crippen molar-refractivity contribution in [1.82, 2.24) is 4.98 Å². The van der Waals surface area contributed by atoms with Gasteiger partial charge in [-0.25, -0.2) is 0 Å². The first-order valence-corrected chi connectivity index (χ1v) is 6.52. The van der Waals surface area contributed by atoms with Gasteiger partial charge in [0.1, 0.15) is 0 Å². The van der Waals surface area contributed by atoms with Crippen LogP contribution in [0.5, 0.6) is 0 Å². The van der Waals surface area contributed by atoms with Gasteiger partial charge in [-0.3, -0.25) is 4.98 Å². The number of anilines is 2. The summed E-state index contributed by atoms with van der Waals surface area (Å²) in [4.78, 5) is 9.01. The Kier molecular flexibility index (Phi) is 3.90. The Bertz CT molecular complexity index is 576. The van der Waals surface area contributed by atoms with Crippen molar-refractivity contribution in [2.24, 2.45) is 5.73 Å². The third-order valence-electron chi connectivity index (χ3n) is 3.21. The molecule has 0 aliphatic carbocycles. The first kappa shape index (κ1) is 13.6. The number of rotatable bonds is 4. The third kappa shape index (κ3) is 2.63. The summed E-state index contributed by atoms with van der Waals surface area (Å²) in [6.45, 7) is 0.621. The Labute approximate surface area is 114 Å². The zero-order chi connectivity index (χ0) is 14.0. The molecule has 0 amide bonds. The van der Waals surface area contributed by atoms with Crippen molar-refractivity contribution < 1.29 is 0 Å². The lowest BCUT2D eigenvalue weighted by atomic mass is 10.1. The predicted molar refractivity (Wildman–Crippen MR) is 83.2 cm³/mol. The molecule has 0 aliphatic heterocycles. The summed E-state index contributed by atoms with van der Waals surface area (Å²) in [5.74, 6) is 0. The number of hydrogen-bond donors (Lipinski definition) is 1. The average molecular weight is 258 g/mol. The zero-order valence-corrected chi connectivity index (χ0v) is 12.1. The lowest BCUT2D eigenvalue weighted by Gasteiger charge is -2.20. The fourth-order valence-corrected chi connectivity index (χ4v) is 2.27. The Morgan fingerprint density at radius 3 is 2.32 bits per heavy atom. The molecule has 19 heavy (non-hydrogen) atoms. The quantitative estimate of drug-likeness (QED) is 0.909. The number of fused-ring (bicyclic) bond motifs is 1. The van der Waals surface area contributed by atoms with Crippen molar-refractivity contribution in [3.05, 3.63) is 30.0 Å². The highest BCUT2D eigenvalue weighted by Crippen LogP contribution is 2.31. The van der Waals surface area contributed by atoms with E-state index in [2.05, 4.69) is 48.2 Å². The van der Waals surface area contributed by atoms with Crippen LogP contribution >= 0.6 is 0 Å². The summed E-state index contributed by atoms with van der Waals surface area (Å²) in [6, 6.07) is 8.43. The zero-order valence-electron chi connectivity index (χ0n) is 12.1. The molecular weight excluding hydrogens is 236 g/mol. The van der Waals surface area contributed by atoms with Crippen LogP contribution in [0.1, 0.15) is 5.69 Å². The third-order valence-corrected chi connectivity index (χ3v) is 3.21. The van der Waals surface area contributed by atoms with Crippen LogP contribution in [-0.4, -0.2) is 39.7 Å². The molecule has 0 aliphatic rings. The predicted octanol–water partition coefficient (Wildman–Crippen LogP) is 1.87. The summed E-state index contributed by atoms with van der Waals surface area (Å²) in [6.07, 6.45) is 0.804. The molecule has 0 spiro atoms. The van der Waals surface area contributed by atoms with Gasteiger partial charge in [-0.1, -0.05) is 12.1 Å². The van der Waals surface area contributed by atoms with E-state index in [0.29, 0.717) is 6.54 Å². The van der Waals surface area contributed by atoms with E-state index in [-0.39, 0.29) is 0 Å². The number of pyridine rings is 1. The molecule has 102 valence electrons. The molecule has 0 bridgehead atoms. The van der Waals surface area contributed by atoms with Crippen LogP contribution in [0, 0.1) is 0 Å². The van der Waals surface area contributed by atoms with Crippen molar-refractivity contribution in [1.29, 1.82) is 0 Å². The Balaban J connectivity index is 2.75. The van der Waals surface area contributed by atoms with Gasteiger partial charge in [0.2, 0.25) is 0 Å². The summed E-state index contributed by atoms with van der Waals surface area (Å²) in [5.41, 5.74) is 10.1. The first-order chi connectivity index (χ1) is 9.04. The minimum atomic E-state index is 0.621. The first-order valence-electron chi connectivity index (χ1n) is 6.52. The molecule has 1 aromatic heterocycles. The van der Waals surface area contributed by atoms with Crippen molar-refractivity contribution in [3.63, 3.8) is 0 Å². The topological polar surface area (TPSA) is 45.4 Å². The van der Waals surface area contributed by atoms with Crippen LogP contribution in [0.25, 0.3) is 10.9 Å². The molecule has 2 N–H and O–H groups in total. The smallest absolute Gasteiger partial charge is 0.0959 e. The van der Waals surface area contributed by atoms with Crippen molar-refractivity contribution in [2.45, 2.75) is 6.42 Å². The molecule has 2 aromatic rings. The lowest BCUT2D eigenvalue weighted by molar-refractivity contribution is 0.928. The summed E-state index contributed by atoms with van der Waals surface area (Å²) < 4.78 is 0. The van der Waals surface area contributed by atoms with Gasteiger partial charge in [-0.15, -0.1) is 0 Å². The molecule has 4 heteroatoms. The maximum atomic E-state index is 5.66. The van der Waals surface area contributed by atoms with E-state index in [1.807, 2.05) is 14.1 Å². The van der Waals surface area contributed by atoms with E-state index in [1.54, 1.807) is 0 Å². The minimum Gasteiger partial charge on any atom is -0.377 e. The number of para-hydroxylation sites is 1. The molecule has 0 radical (unpaired) electrons. The van der Waals surface area contributed by atoms with E-state index < -0.39 is 0 Å².